The van der Waals surface area contributed by atoms with E-state index in [1.54, 1.807) is 25.7 Å². The molecule has 1 fully saturated rings. The average Bonchev–Trinajstić information content (AvgIpc) is 2.83. The molecule has 1 saturated heterocycles. The number of pyridine rings is 1. The highest BCUT2D eigenvalue weighted by molar-refractivity contribution is 5.92. The molecule has 1 aromatic carbocycles. The van der Waals surface area contributed by atoms with Crippen molar-refractivity contribution in [2.45, 2.75) is 6.92 Å². The van der Waals surface area contributed by atoms with Crippen LogP contribution in [-0.2, 0) is 4.79 Å². The molecule has 1 aliphatic heterocycles. The summed E-state index contributed by atoms with van der Waals surface area (Å²) in [5.74, 6) is 3.07. The lowest BCUT2D eigenvalue weighted by atomic mass is 10.2. The average molecular weight is 431 g/mol. The number of piperazine rings is 1. The predicted octanol–water partition coefficient (Wildman–Crippen LogP) is 3.29. The van der Waals surface area contributed by atoms with E-state index in [2.05, 4.69) is 25.2 Å². The first-order valence-corrected chi connectivity index (χ1v) is 10.5. The minimum Gasteiger partial charge on any atom is -0.497 e. The number of hydrogen-bond acceptors (Lipinski definition) is 7. The Hall–Kier alpha value is -3.94. The number of benzene rings is 1. The van der Waals surface area contributed by atoms with Crippen molar-refractivity contribution in [1.29, 1.82) is 0 Å². The number of ether oxygens (including phenoxy) is 1. The first kappa shape index (κ1) is 21.3. The van der Waals surface area contributed by atoms with Crippen molar-refractivity contribution in [2.24, 2.45) is 0 Å². The second-order valence-electron chi connectivity index (χ2n) is 7.52. The van der Waals surface area contributed by atoms with Crippen LogP contribution in [0.3, 0.4) is 0 Å². The van der Waals surface area contributed by atoms with Crippen molar-refractivity contribution in [3.63, 3.8) is 0 Å². The molecule has 2 aromatic heterocycles. The predicted molar refractivity (Wildman–Crippen MR) is 125 cm³/mol. The van der Waals surface area contributed by atoms with Crippen molar-refractivity contribution >= 4 is 29.4 Å². The summed E-state index contributed by atoms with van der Waals surface area (Å²) in [6, 6.07) is 13.4. The van der Waals surface area contributed by atoms with Gasteiger partial charge in [-0.25, -0.2) is 15.0 Å². The van der Waals surface area contributed by atoms with Gasteiger partial charge in [-0.3, -0.25) is 4.79 Å². The Bertz CT molecular complexity index is 1090. The highest BCUT2D eigenvalue weighted by atomic mass is 16.5. The van der Waals surface area contributed by atoms with Crippen molar-refractivity contribution in [2.75, 3.05) is 43.5 Å². The number of aryl methyl sites for hydroxylation is 1. The molecule has 1 aliphatic rings. The first-order valence-electron chi connectivity index (χ1n) is 10.5. The summed E-state index contributed by atoms with van der Waals surface area (Å²) >= 11 is 0. The number of carbonyl (C=O) groups is 1. The number of nitrogens with zero attached hydrogens (tertiary/aromatic N) is 5. The Labute approximate surface area is 187 Å². The highest BCUT2D eigenvalue weighted by Crippen LogP contribution is 2.19. The van der Waals surface area contributed by atoms with Crippen LogP contribution >= 0.6 is 0 Å². The molecule has 0 aliphatic carbocycles. The number of nitrogens with one attached hydrogen (secondary N) is 1. The monoisotopic (exact) mass is 430 g/mol. The molecule has 4 rings (SSSR count). The van der Waals surface area contributed by atoms with Gasteiger partial charge in [0.25, 0.3) is 0 Å². The van der Waals surface area contributed by atoms with Gasteiger partial charge in [0.15, 0.2) is 0 Å². The summed E-state index contributed by atoms with van der Waals surface area (Å²) in [5, 5.41) is 3.22. The molecule has 3 heterocycles. The number of hydrogen-bond donors (Lipinski definition) is 1. The molecule has 164 valence electrons. The van der Waals surface area contributed by atoms with Gasteiger partial charge in [-0.2, -0.15) is 0 Å². The number of anilines is 3. The van der Waals surface area contributed by atoms with Crippen LogP contribution in [0, 0.1) is 6.92 Å². The maximum atomic E-state index is 12.6. The summed E-state index contributed by atoms with van der Waals surface area (Å²) in [6.45, 7) is 4.71. The van der Waals surface area contributed by atoms with Gasteiger partial charge >= 0.3 is 0 Å². The Morgan fingerprint density at radius 3 is 2.47 bits per heavy atom. The van der Waals surface area contributed by atoms with Gasteiger partial charge in [0, 0.05) is 44.5 Å². The number of aromatic nitrogens is 3. The van der Waals surface area contributed by atoms with Crippen molar-refractivity contribution < 1.29 is 9.53 Å². The van der Waals surface area contributed by atoms with Crippen LogP contribution in [0.15, 0.2) is 61.1 Å². The van der Waals surface area contributed by atoms with Crippen LogP contribution in [0.25, 0.3) is 6.08 Å². The number of methoxy groups -OCH3 is 1. The molecule has 0 radical (unpaired) electrons. The molecule has 0 saturated carbocycles. The van der Waals surface area contributed by atoms with Crippen LogP contribution in [0.4, 0.5) is 17.5 Å². The second-order valence-corrected chi connectivity index (χ2v) is 7.52. The normalized spacial score (nSPS) is 13.9. The van der Waals surface area contributed by atoms with E-state index < -0.39 is 0 Å². The Morgan fingerprint density at radius 2 is 1.75 bits per heavy atom. The van der Waals surface area contributed by atoms with Gasteiger partial charge in [0.1, 0.15) is 29.5 Å². The number of carbonyl (C=O) groups excluding carboxylic acids is 1. The zero-order chi connectivity index (χ0) is 22.3. The largest absolute Gasteiger partial charge is 0.497 e. The van der Waals surface area contributed by atoms with E-state index in [1.165, 1.54) is 0 Å². The van der Waals surface area contributed by atoms with Crippen molar-refractivity contribution in [3.8, 4) is 5.75 Å². The maximum Gasteiger partial charge on any atom is 0.246 e. The molecular formula is C24H26N6O2. The van der Waals surface area contributed by atoms with Crippen LogP contribution in [0.1, 0.15) is 11.1 Å². The minimum absolute atomic E-state index is 0.0102. The Kier molecular flexibility index (Phi) is 6.60. The SMILES string of the molecule is COc1ccc(/C=C/C(=O)N2CCN(c3cc(Nc4cc(C)ccn4)ncn3)CC2)cc1. The molecule has 0 bridgehead atoms. The molecule has 0 spiro atoms. The molecular weight excluding hydrogens is 404 g/mol. The maximum absolute atomic E-state index is 12.6. The standard InChI is InChI=1S/C24H26N6O2/c1-18-9-10-25-21(15-18)28-22-16-23(27-17-26-22)29-11-13-30(14-12-29)24(31)8-5-19-3-6-20(32-2)7-4-19/h3-10,15-17H,11-14H2,1-2H3,(H,25,26,27,28)/b8-5+. The third-order valence-electron chi connectivity index (χ3n) is 5.27. The molecule has 8 heteroatoms. The van der Waals surface area contributed by atoms with Gasteiger partial charge in [-0.15, -0.1) is 0 Å². The van der Waals surface area contributed by atoms with E-state index >= 15 is 0 Å². The van der Waals surface area contributed by atoms with E-state index in [-0.39, 0.29) is 5.91 Å². The van der Waals surface area contributed by atoms with Gasteiger partial charge in [-0.05, 0) is 48.4 Å². The lowest BCUT2D eigenvalue weighted by Gasteiger charge is -2.35. The van der Waals surface area contributed by atoms with Crippen LogP contribution in [0.5, 0.6) is 5.75 Å². The highest BCUT2D eigenvalue weighted by Gasteiger charge is 2.21. The fourth-order valence-corrected chi connectivity index (χ4v) is 3.47. The second kappa shape index (κ2) is 9.91. The lowest BCUT2D eigenvalue weighted by Crippen LogP contribution is -2.48. The van der Waals surface area contributed by atoms with Crippen molar-refractivity contribution in [3.05, 3.63) is 72.2 Å². The van der Waals surface area contributed by atoms with Gasteiger partial charge < -0.3 is 19.9 Å². The summed E-state index contributed by atoms with van der Waals surface area (Å²) in [7, 11) is 1.63. The summed E-state index contributed by atoms with van der Waals surface area (Å²) < 4.78 is 5.16. The van der Waals surface area contributed by atoms with E-state index in [1.807, 2.05) is 60.4 Å². The van der Waals surface area contributed by atoms with E-state index in [9.17, 15) is 4.79 Å². The third kappa shape index (κ3) is 5.40. The van der Waals surface area contributed by atoms with Crippen LogP contribution in [-0.4, -0.2) is 59.0 Å². The zero-order valence-electron chi connectivity index (χ0n) is 18.2. The van der Waals surface area contributed by atoms with Gasteiger partial charge in [0.05, 0.1) is 7.11 Å². The number of rotatable bonds is 6. The molecule has 8 nitrogen and oxygen atoms in total. The van der Waals surface area contributed by atoms with Gasteiger partial charge in [0.2, 0.25) is 5.91 Å². The quantitative estimate of drug-likeness (QED) is 0.601. The Balaban J connectivity index is 1.33. The van der Waals surface area contributed by atoms with Crippen LogP contribution < -0.4 is 15.0 Å². The zero-order valence-corrected chi connectivity index (χ0v) is 18.2. The molecule has 3 aromatic rings. The summed E-state index contributed by atoms with van der Waals surface area (Å²) in [6.07, 6.45) is 6.76. The summed E-state index contributed by atoms with van der Waals surface area (Å²) in [4.78, 5) is 29.6. The fraction of sp³-hybridized carbons (Fsp3) is 0.250. The van der Waals surface area contributed by atoms with Crippen LogP contribution in [0.2, 0.25) is 0 Å². The summed E-state index contributed by atoms with van der Waals surface area (Å²) in [5.41, 5.74) is 2.08. The van der Waals surface area contributed by atoms with E-state index in [0.717, 1.165) is 28.5 Å². The molecule has 1 N–H and O–H groups in total. The minimum atomic E-state index is 0.0102. The lowest BCUT2D eigenvalue weighted by molar-refractivity contribution is -0.126. The van der Waals surface area contributed by atoms with E-state index in [0.29, 0.717) is 32.0 Å². The topological polar surface area (TPSA) is 83.5 Å². The smallest absolute Gasteiger partial charge is 0.246 e. The Morgan fingerprint density at radius 1 is 1.00 bits per heavy atom. The molecule has 1 amide bonds. The van der Waals surface area contributed by atoms with Crippen molar-refractivity contribution in [1.82, 2.24) is 19.9 Å². The molecule has 0 atom stereocenters. The molecule has 0 unspecified atom stereocenters. The number of amides is 1. The molecule has 32 heavy (non-hydrogen) atoms. The third-order valence-corrected chi connectivity index (χ3v) is 5.27. The first-order chi connectivity index (χ1) is 15.6. The fourth-order valence-electron chi connectivity index (χ4n) is 3.47. The van der Waals surface area contributed by atoms with E-state index in [4.69, 9.17) is 4.74 Å². The van der Waals surface area contributed by atoms with Gasteiger partial charge in [-0.1, -0.05) is 12.1 Å².